The molecular weight excluding hydrogens is 282 g/mol. The minimum Gasteiger partial charge on any atom is -0.452 e. The van der Waals surface area contributed by atoms with E-state index in [1.165, 1.54) is 43.9 Å². The Hall–Kier alpha value is -2.24. The monoisotopic (exact) mass is 303 g/mol. The van der Waals surface area contributed by atoms with Gasteiger partial charge in [0.25, 0.3) is 0 Å². The van der Waals surface area contributed by atoms with Gasteiger partial charge in [0.1, 0.15) is 0 Å². The Bertz CT molecular complexity index is 669. The van der Waals surface area contributed by atoms with Crippen LogP contribution in [0.1, 0.15) is 32.1 Å². The van der Waals surface area contributed by atoms with Gasteiger partial charge in [-0.3, -0.25) is 0 Å². The molecule has 0 amide bonds. The Kier molecular flexibility index (Phi) is 4.18. The van der Waals surface area contributed by atoms with Crippen molar-refractivity contribution >= 4 is 5.69 Å². The second-order valence-electron chi connectivity index (χ2n) is 5.67. The largest absolute Gasteiger partial charge is 0.452 e. The van der Waals surface area contributed by atoms with Crippen LogP contribution in [0.2, 0.25) is 0 Å². The van der Waals surface area contributed by atoms with E-state index >= 15 is 0 Å². The van der Waals surface area contributed by atoms with Gasteiger partial charge in [-0.2, -0.15) is 4.68 Å². The number of methoxy groups -OCH3 is 1. The molecule has 1 saturated carbocycles. The third-order valence-electron chi connectivity index (χ3n) is 4.33. The number of benzene rings is 1. The van der Waals surface area contributed by atoms with Crippen LogP contribution in [0.3, 0.4) is 0 Å². The Labute approximate surface area is 129 Å². The Morgan fingerprint density at radius 3 is 2.50 bits per heavy atom. The summed E-state index contributed by atoms with van der Waals surface area (Å²) in [6.07, 6.45) is 6.42. The molecule has 22 heavy (non-hydrogen) atoms. The molecule has 6 nitrogen and oxygen atoms in total. The molecule has 0 atom stereocenters. The van der Waals surface area contributed by atoms with E-state index in [2.05, 4.69) is 17.0 Å². The fourth-order valence-electron chi connectivity index (χ4n) is 3.01. The predicted octanol–water partition coefficient (Wildman–Crippen LogP) is 2.60. The summed E-state index contributed by atoms with van der Waals surface area (Å²) in [4.78, 5) is 14.0. The Morgan fingerprint density at radius 2 is 1.91 bits per heavy atom. The van der Waals surface area contributed by atoms with Crippen LogP contribution in [-0.4, -0.2) is 30.0 Å². The number of hydrogen-bond acceptors (Lipinski definition) is 5. The fraction of sp³-hybridized carbons (Fsp3) is 0.500. The van der Waals surface area contributed by atoms with Crippen molar-refractivity contribution in [1.29, 1.82) is 0 Å². The predicted molar refractivity (Wildman–Crippen MR) is 83.9 cm³/mol. The molecule has 1 aromatic carbocycles. The molecule has 0 unspecified atom stereocenters. The quantitative estimate of drug-likeness (QED) is 0.869. The van der Waals surface area contributed by atoms with E-state index in [4.69, 9.17) is 9.15 Å². The second-order valence-corrected chi connectivity index (χ2v) is 5.67. The second kappa shape index (κ2) is 6.25. The lowest BCUT2D eigenvalue weighted by molar-refractivity contribution is 0.282. The van der Waals surface area contributed by atoms with Crippen LogP contribution < -0.4 is 15.4 Å². The molecule has 118 valence electrons. The molecule has 0 bridgehead atoms. The lowest BCUT2D eigenvalue weighted by Gasteiger charge is -2.33. The maximum absolute atomic E-state index is 11.7. The van der Waals surface area contributed by atoms with E-state index in [1.54, 1.807) is 0 Å². The number of rotatable bonds is 4. The first kappa shape index (κ1) is 14.7. The standard InChI is InChI=1S/C16H21N3O3/c1-18(12-6-4-3-5-7-12)13-8-10-14(11-9-13)19-16(20)22-15(17-19)21-2/h8-12H,3-7H2,1-2H3. The number of aromatic nitrogens is 2. The van der Waals surface area contributed by atoms with E-state index in [0.717, 1.165) is 5.69 Å². The van der Waals surface area contributed by atoms with Gasteiger partial charge in [-0.15, -0.1) is 0 Å². The van der Waals surface area contributed by atoms with Crippen LogP contribution in [0, 0.1) is 0 Å². The molecular formula is C16H21N3O3. The van der Waals surface area contributed by atoms with Crippen molar-refractivity contribution in [2.24, 2.45) is 0 Å². The number of hydrogen-bond donors (Lipinski definition) is 0. The van der Waals surface area contributed by atoms with Gasteiger partial charge in [0, 0.05) is 18.8 Å². The van der Waals surface area contributed by atoms with Crippen molar-refractivity contribution in [3.63, 3.8) is 0 Å². The van der Waals surface area contributed by atoms with E-state index in [-0.39, 0.29) is 6.08 Å². The highest BCUT2D eigenvalue weighted by atomic mass is 16.6. The zero-order valence-electron chi connectivity index (χ0n) is 13.0. The molecule has 0 radical (unpaired) electrons. The van der Waals surface area contributed by atoms with Gasteiger partial charge in [-0.1, -0.05) is 24.4 Å². The molecule has 0 aliphatic heterocycles. The summed E-state index contributed by atoms with van der Waals surface area (Å²) in [6.45, 7) is 0. The molecule has 0 saturated heterocycles. The third kappa shape index (κ3) is 2.86. The van der Waals surface area contributed by atoms with Crippen molar-refractivity contribution < 1.29 is 9.15 Å². The first-order valence-electron chi connectivity index (χ1n) is 7.66. The zero-order valence-corrected chi connectivity index (χ0v) is 13.0. The van der Waals surface area contributed by atoms with E-state index in [1.807, 2.05) is 24.3 Å². The molecule has 0 N–H and O–H groups in total. The number of anilines is 1. The van der Waals surface area contributed by atoms with Gasteiger partial charge < -0.3 is 14.1 Å². The van der Waals surface area contributed by atoms with Crippen LogP contribution in [-0.2, 0) is 0 Å². The molecule has 6 heteroatoms. The van der Waals surface area contributed by atoms with Gasteiger partial charge in [-0.25, -0.2) is 4.79 Å². The lowest BCUT2D eigenvalue weighted by Crippen LogP contribution is -2.33. The van der Waals surface area contributed by atoms with Crippen molar-refractivity contribution in [3.8, 4) is 11.8 Å². The zero-order chi connectivity index (χ0) is 15.5. The van der Waals surface area contributed by atoms with Crippen LogP contribution in [0.25, 0.3) is 5.69 Å². The SMILES string of the molecule is COc1nn(-c2ccc(N(C)C3CCCCC3)cc2)c(=O)o1. The van der Waals surface area contributed by atoms with Crippen molar-refractivity contribution in [2.75, 3.05) is 19.1 Å². The Morgan fingerprint density at radius 1 is 1.23 bits per heavy atom. The summed E-state index contributed by atoms with van der Waals surface area (Å²) < 4.78 is 10.9. The molecule has 2 aromatic rings. The molecule has 1 aliphatic carbocycles. The fourth-order valence-corrected chi connectivity index (χ4v) is 3.01. The highest BCUT2D eigenvalue weighted by molar-refractivity contribution is 5.51. The van der Waals surface area contributed by atoms with Gasteiger partial charge in [0.15, 0.2) is 0 Å². The molecule has 1 aliphatic rings. The summed E-state index contributed by atoms with van der Waals surface area (Å²) in [7, 11) is 3.55. The van der Waals surface area contributed by atoms with E-state index < -0.39 is 5.76 Å². The maximum Gasteiger partial charge on any atom is 0.444 e. The first-order chi connectivity index (χ1) is 10.7. The van der Waals surface area contributed by atoms with Gasteiger partial charge in [-0.05, 0) is 37.1 Å². The van der Waals surface area contributed by atoms with Crippen LogP contribution in [0.15, 0.2) is 33.5 Å². The van der Waals surface area contributed by atoms with Crippen molar-refractivity contribution in [3.05, 3.63) is 34.8 Å². The number of nitrogens with zero attached hydrogens (tertiary/aromatic N) is 3. The van der Waals surface area contributed by atoms with Gasteiger partial charge in [0.2, 0.25) is 0 Å². The van der Waals surface area contributed by atoms with Crippen LogP contribution in [0.5, 0.6) is 6.08 Å². The van der Waals surface area contributed by atoms with Crippen molar-refractivity contribution in [1.82, 2.24) is 9.78 Å². The maximum atomic E-state index is 11.7. The Balaban J connectivity index is 1.79. The van der Waals surface area contributed by atoms with Gasteiger partial charge in [0.05, 0.1) is 12.8 Å². The topological polar surface area (TPSA) is 60.5 Å². The number of ether oxygens (including phenoxy) is 1. The summed E-state index contributed by atoms with van der Waals surface area (Å²) in [6, 6.07) is 8.37. The first-order valence-corrected chi connectivity index (χ1v) is 7.66. The minimum atomic E-state index is -0.551. The molecule has 3 rings (SSSR count). The lowest BCUT2D eigenvalue weighted by atomic mass is 9.94. The molecule has 1 fully saturated rings. The molecule has 1 aromatic heterocycles. The summed E-state index contributed by atoms with van der Waals surface area (Å²) in [5.74, 6) is -0.551. The highest BCUT2D eigenvalue weighted by Crippen LogP contribution is 2.26. The molecule has 0 spiro atoms. The van der Waals surface area contributed by atoms with Crippen LogP contribution >= 0.6 is 0 Å². The van der Waals surface area contributed by atoms with E-state index in [9.17, 15) is 4.79 Å². The third-order valence-corrected chi connectivity index (χ3v) is 4.33. The van der Waals surface area contributed by atoms with Gasteiger partial charge >= 0.3 is 11.8 Å². The summed E-state index contributed by atoms with van der Waals surface area (Å²) in [5, 5.41) is 3.96. The summed E-state index contributed by atoms with van der Waals surface area (Å²) >= 11 is 0. The van der Waals surface area contributed by atoms with Crippen LogP contribution in [0.4, 0.5) is 5.69 Å². The molecule has 1 heterocycles. The average Bonchev–Trinajstić information content (AvgIpc) is 2.96. The summed E-state index contributed by atoms with van der Waals surface area (Å²) in [5.41, 5.74) is 1.82. The van der Waals surface area contributed by atoms with Crippen molar-refractivity contribution in [2.45, 2.75) is 38.1 Å². The minimum absolute atomic E-state index is 0.0339. The average molecular weight is 303 g/mol. The smallest absolute Gasteiger partial charge is 0.444 e. The van der Waals surface area contributed by atoms with E-state index in [0.29, 0.717) is 11.7 Å². The normalized spacial score (nSPS) is 15.7. The highest BCUT2D eigenvalue weighted by Gasteiger charge is 2.18.